The van der Waals surface area contributed by atoms with E-state index in [-0.39, 0.29) is 4.90 Å². The zero-order valence-corrected chi connectivity index (χ0v) is 19.8. The molecule has 1 heterocycles. The Balaban J connectivity index is 1.61. The lowest BCUT2D eigenvalue weighted by Crippen LogP contribution is -2.42. The second-order valence-corrected chi connectivity index (χ2v) is 9.60. The summed E-state index contributed by atoms with van der Waals surface area (Å²) in [7, 11) is -4.05. The maximum absolute atomic E-state index is 12.8. The van der Waals surface area contributed by atoms with Gasteiger partial charge in [-0.2, -0.15) is 4.72 Å². The minimum atomic E-state index is -4.05. The first-order chi connectivity index (χ1) is 15.6. The molecule has 0 aliphatic carbocycles. The first kappa shape index (κ1) is 24.5. The Morgan fingerprint density at radius 2 is 1.70 bits per heavy atom. The summed E-state index contributed by atoms with van der Waals surface area (Å²) in [4.78, 5) is 24.8. The number of hydrogen-bond donors (Lipinski definition) is 2. The Hall–Kier alpha value is -3.11. The van der Waals surface area contributed by atoms with Crippen molar-refractivity contribution in [2.24, 2.45) is 0 Å². The van der Waals surface area contributed by atoms with E-state index in [0.717, 1.165) is 11.1 Å². The summed E-state index contributed by atoms with van der Waals surface area (Å²) in [6.45, 7) is 7.46. The first-order valence-corrected chi connectivity index (χ1v) is 12.1. The largest absolute Gasteiger partial charge is 0.490 e. The van der Waals surface area contributed by atoms with Crippen molar-refractivity contribution in [3.8, 4) is 11.5 Å². The lowest BCUT2D eigenvalue weighted by molar-refractivity contribution is -0.154. The van der Waals surface area contributed by atoms with E-state index < -0.39 is 34.0 Å². The average molecular weight is 477 g/mol. The third-order valence-corrected chi connectivity index (χ3v) is 6.56. The van der Waals surface area contributed by atoms with Crippen LogP contribution in [-0.4, -0.2) is 45.7 Å². The van der Waals surface area contributed by atoms with Gasteiger partial charge in [0.15, 0.2) is 17.6 Å². The lowest BCUT2D eigenvalue weighted by atomic mass is 10.1. The molecule has 0 saturated carbocycles. The van der Waals surface area contributed by atoms with Crippen molar-refractivity contribution in [3.05, 3.63) is 47.5 Å². The van der Waals surface area contributed by atoms with Crippen LogP contribution in [0.15, 0.2) is 41.3 Å². The van der Waals surface area contributed by atoms with Crippen LogP contribution in [0, 0.1) is 13.8 Å². The van der Waals surface area contributed by atoms with Crippen molar-refractivity contribution in [1.29, 1.82) is 0 Å². The molecule has 2 N–H and O–H groups in total. The molecule has 178 valence electrons. The van der Waals surface area contributed by atoms with E-state index in [0.29, 0.717) is 36.8 Å². The number of carbonyl (C=O) groups is 2. The molecule has 3 rings (SSSR count). The van der Waals surface area contributed by atoms with Crippen molar-refractivity contribution < 1.29 is 32.2 Å². The van der Waals surface area contributed by atoms with Crippen LogP contribution in [0.25, 0.3) is 0 Å². The number of hydrogen-bond acceptors (Lipinski definition) is 7. The van der Waals surface area contributed by atoms with Gasteiger partial charge in [-0.1, -0.05) is 17.7 Å². The first-order valence-electron chi connectivity index (χ1n) is 10.6. The number of anilines is 1. The van der Waals surface area contributed by atoms with Crippen LogP contribution in [0.3, 0.4) is 0 Å². The van der Waals surface area contributed by atoms with Crippen LogP contribution in [-0.2, 0) is 24.3 Å². The van der Waals surface area contributed by atoms with Gasteiger partial charge < -0.3 is 19.5 Å². The normalized spacial score (nSPS) is 15.2. The Kier molecular flexibility index (Phi) is 7.60. The van der Waals surface area contributed by atoms with E-state index in [4.69, 9.17) is 14.2 Å². The zero-order valence-electron chi connectivity index (χ0n) is 19.0. The number of amides is 1. The van der Waals surface area contributed by atoms with E-state index in [1.807, 2.05) is 26.0 Å². The molecule has 0 bridgehead atoms. The highest BCUT2D eigenvalue weighted by Crippen LogP contribution is 2.31. The predicted octanol–water partition coefficient (Wildman–Crippen LogP) is 2.70. The average Bonchev–Trinajstić information content (AvgIpc) is 3.00. The smallest absolute Gasteiger partial charge is 0.324 e. The summed E-state index contributed by atoms with van der Waals surface area (Å²) < 4.78 is 44.0. The molecule has 1 amide bonds. The molecule has 0 radical (unpaired) electrons. The molecule has 1 aliphatic heterocycles. The molecule has 9 nitrogen and oxygen atoms in total. The molecule has 0 unspecified atom stereocenters. The van der Waals surface area contributed by atoms with E-state index in [2.05, 4.69) is 10.0 Å². The molecule has 2 aromatic rings. The van der Waals surface area contributed by atoms with Crippen LogP contribution in [0.1, 0.15) is 31.4 Å². The molecule has 10 heteroatoms. The van der Waals surface area contributed by atoms with Crippen LogP contribution < -0.4 is 19.5 Å². The number of fused-ring (bicyclic) bond motifs is 1. The highest BCUT2D eigenvalue weighted by atomic mass is 32.2. The van der Waals surface area contributed by atoms with Crippen molar-refractivity contribution in [3.63, 3.8) is 0 Å². The van der Waals surface area contributed by atoms with Gasteiger partial charge in [0.05, 0.1) is 18.1 Å². The zero-order chi connectivity index (χ0) is 24.2. The lowest BCUT2D eigenvalue weighted by Gasteiger charge is -2.18. The molecule has 1 aliphatic rings. The summed E-state index contributed by atoms with van der Waals surface area (Å²) in [6, 6.07) is 8.55. The van der Waals surface area contributed by atoms with Crippen LogP contribution >= 0.6 is 0 Å². The van der Waals surface area contributed by atoms with Crippen LogP contribution in [0.5, 0.6) is 11.5 Å². The number of rotatable bonds is 7. The predicted molar refractivity (Wildman–Crippen MR) is 122 cm³/mol. The molecule has 2 atom stereocenters. The maximum Gasteiger partial charge on any atom is 0.324 e. The Morgan fingerprint density at radius 1 is 1.00 bits per heavy atom. The fourth-order valence-corrected chi connectivity index (χ4v) is 4.38. The van der Waals surface area contributed by atoms with Crippen molar-refractivity contribution in [2.75, 3.05) is 18.5 Å². The van der Waals surface area contributed by atoms with Gasteiger partial charge in [0, 0.05) is 18.2 Å². The van der Waals surface area contributed by atoms with Gasteiger partial charge in [-0.05, 0) is 51.5 Å². The molecule has 0 aromatic heterocycles. The monoisotopic (exact) mass is 476 g/mol. The number of esters is 1. The fourth-order valence-electron chi connectivity index (χ4n) is 3.18. The van der Waals surface area contributed by atoms with Gasteiger partial charge >= 0.3 is 5.97 Å². The molecule has 2 aromatic carbocycles. The Morgan fingerprint density at radius 3 is 2.39 bits per heavy atom. The van der Waals surface area contributed by atoms with Crippen LogP contribution in [0.4, 0.5) is 5.69 Å². The number of sulfonamides is 1. The summed E-state index contributed by atoms with van der Waals surface area (Å²) in [5.74, 6) is -0.616. The Bertz CT molecular complexity index is 1150. The highest BCUT2D eigenvalue weighted by Gasteiger charge is 2.27. The van der Waals surface area contributed by atoms with E-state index >= 15 is 0 Å². The van der Waals surface area contributed by atoms with Crippen molar-refractivity contribution in [1.82, 2.24) is 4.72 Å². The van der Waals surface area contributed by atoms with Gasteiger partial charge in [-0.3, -0.25) is 9.59 Å². The number of benzene rings is 2. The standard InChI is InChI=1S/C23H28N2O7S/c1-14-6-8-19(15(2)12-14)24-22(26)17(4)32-23(27)16(3)25-33(28,29)18-7-9-20-21(13-18)31-11-5-10-30-20/h6-9,12-13,16-17,25H,5,10-11H2,1-4H3,(H,24,26)/t16-,17+/m1/s1. The third kappa shape index (κ3) is 6.23. The molecular formula is C23H28N2O7S. The molecule has 33 heavy (non-hydrogen) atoms. The SMILES string of the molecule is Cc1ccc(NC(=O)[C@H](C)OC(=O)[C@@H](C)NS(=O)(=O)c2ccc3c(c2)OCCCO3)c(C)c1. The van der Waals surface area contributed by atoms with Gasteiger partial charge in [-0.15, -0.1) is 0 Å². The van der Waals surface area contributed by atoms with E-state index in [1.54, 1.807) is 6.07 Å². The third-order valence-electron chi connectivity index (χ3n) is 5.02. The molecular weight excluding hydrogens is 448 g/mol. The van der Waals surface area contributed by atoms with Crippen molar-refractivity contribution >= 4 is 27.6 Å². The second-order valence-electron chi connectivity index (χ2n) is 7.89. The fraction of sp³-hybridized carbons (Fsp3) is 0.391. The molecule has 0 saturated heterocycles. The quantitative estimate of drug-likeness (QED) is 0.590. The summed E-state index contributed by atoms with van der Waals surface area (Å²) in [6.07, 6.45) is -0.434. The Labute approximate surface area is 193 Å². The number of nitrogens with one attached hydrogen (secondary N) is 2. The maximum atomic E-state index is 12.8. The minimum Gasteiger partial charge on any atom is -0.490 e. The highest BCUT2D eigenvalue weighted by molar-refractivity contribution is 7.89. The van der Waals surface area contributed by atoms with E-state index in [1.165, 1.54) is 32.0 Å². The summed E-state index contributed by atoms with van der Waals surface area (Å²) >= 11 is 0. The second kappa shape index (κ2) is 10.2. The van der Waals surface area contributed by atoms with Gasteiger partial charge in [0.2, 0.25) is 10.0 Å². The van der Waals surface area contributed by atoms with Gasteiger partial charge in [0.1, 0.15) is 6.04 Å². The number of ether oxygens (including phenoxy) is 3. The number of carbonyl (C=O) groups excluding carboxylic acids is 2. The topological polar surface area (TPSA) is 120 Å². The van der Waals surface area contributed by atoms with Crippen molar-refractivity contribution in [2.45, 2.75) is 51.2 Å². The van der Waals surface area contributed by atoms with Gasteiger partial charge in [-0.25, -0.2) is 8.42 Å². The molecule has 0 spiro atoms. The molecule has 0 fully saturated rings. The van der Waals surface area contributed by atoms with E-state index in [9.17, 15) is 18.0 Å². The summed E-state index contributed by atoms with van der Waals surface area (Å²) in [5, 5.41) is 2.71. The minimum absolute atomic E-state index is 0.0768. The van der Waals surface area contributed by atoms with Crippen LogP contribution in [0.2, 0.25) is 0 Å². The summed E-state index contributed by atoms with van der Waals surface area (Å²) in [5.41, 5.74) is 2.54. The number of aryl methyl sites for hydroxylation is 2. The van der Waals surface area contributed by atoms with Gasteiger partial charge in [0.25, 0.3) is 5.91 Å².